The van der Waals surface area contributed by atoms with Crippen LogP contribution in [-0.4, -0.2) is 0 Å². The first-order valence-electron chi connectivity index (χ1n) is 5.69. The Balaban J connectivity index is 3.11. The summed E-state index contributed by atoms with van der Waals surface area (Å²) in [5, 5.41) is 0. The predicted octanol–water partition coefficient (Wildman–Crippen LogP) is 4.49. The van der Waals surface area contributed by atoms with Crippen LogP contribution in [0.4, 0.5) is 0 Å². The van der Waals surface area contributed by atoms with Gasteiger partial charge in [0.05, 0.1) is 0 Å². The van der Waals surface area contributed by atoms with E-state index >= 15 is 0 Å². The molecule has 0 spiro atoms. The van der Waals surface area contributed by atoms with Gasteiger partial charge in [0.2, 0.25) is 0 Å². The van der Waals surface area contributed by atoms with Crippen molar-refractivity contribution in [1.82, 2.24) is 0 Å². The van der Waals surface area contributed by atoms with E-state index in [2.05, 4.69) is 48.5 Å². The molecule has 1 aliphatic rings. The van der Waals surface area contributed by atoms with E-state index in [-0.39, 0.29) is 0 Å². The summed E-state index contributed by atoms with van der Waals surface area (Å²) in [6.45, 7) is 17.0. The third-order valence-electron chi connectivity index (χ3n) is 5.89. The lowest BCUT2D eigenvalue weighted by atomic mass is 9.59. The minimum absolute atomic E-state index is 0.466. The number of rotatable bonds is 1. The third kappa shape index (κ3) is 1.17. The standard InChI is InChI=1S/C13H26/c1-8-13(7)9-10(2)11(3,4)12(13,5)6/h10H,8-9H2,1-7H3/t10-,13-/m1/s1. The first kappa shape index (κ1) is 11.1. The van der Waals surface area contributed by atoms with Gasteiger partial charge in [-0.05, 0) is 28.6 Å². The average Bonchev–Trinajstić information content (AvgIpc) is 2.12. The summed E-state index contributed by atoms with van der Waals surface area (Å²) in [5.41, 5.74) is 1.49. The van der Waals surface area contributed by atoms with Crippen LogP contribution in [0.5, 0.6) is 0 Å². The number of hydrogen-bond donors (Lipinski definition) is 0. The van der Waals surface area contributed by atoms with Crippen molar-refractivity contribution in [3.05, 3.63) is 0 Å². The van der Waals surface area contributed by atoms with Crippen LogP contribution in [0.3, 0.4) is 0 Å². The minimum Gasteiger partial charge on any atom is -0.0648 e. The van der Waals surface area contributed by atoms with Crippen molar-refractivity contribution in [1.29, 1.82) is 0 Å². The van der Waals surface area contributed by atoms with Crippen LogP contribution in [0, 0.1) is 22.2 Å². The van der Waals surface area contributed by atoms with Gasteiger partial charge in [0, 0.05) is 0 Å². The van der Waals surface area contributed by atoms with E-state index in [0.29, 0.717) is 16.2 Å². The van der Waals surface area contributed by atoms with Gasteiger partial charge in [-0.3, -0.25) is 0 Å². The van der Waals surface area contributed by atoms with Crippen molar-refractivity contribution >= 4 is 0 Å². The molecule has 1 fully saturated rings. The Hall–Kier alpha value is 0. The van der Waals surface area contributed by atoms with Gasteiger partial charge in [-0.15, -0.1) is 0 Å². The fourth-order valence-electron chi connectivity index (χ4n) is 3.17. The summed E-state index contributed by atoms with van der Waals surface area (Å²) in [6, 6.07) is 0. The van der Waals surface area contributed by atoms with Gasteiger partial charge < -0.3 is 0 Å². The zero-order valence-corrected chi connectivity index (χ0v) is 10.5. The van der Waals surface area contributed by atoms with Gasteiger partial charge in [0.25, 0.3) is 0 Å². The van der Waals surface area contributed by atoms with Gasteiger partial charge in [-0.2, -0.15) is 0 Å². The molecule has 0 aliphatic heterocycles. The van der Waals surface area contributed by atoms with Crippen LogP contribution >= 0.6 is 0 Å². The first-order valence-corrected chi connectivity index (χ1v) is 5.69. The molecule has 0 aromatic heterocycles. The highest BCUT2D eigenvalue weighted by Gasteiger charge is 2.58. The molecule has 1 rings (SSSR count). The Labute approximate surface area is 84.1 Å². The molecule has 0 bridgehead atoms. The summed E-state index contributed by atoms with van der Waals surface area (Å²) >= 11 is 0. The molecule has 1 saturated carbocycles. The fourth-order valence-corrected chi connectivity index (χ4v) is 3.17. The molecule has 0 nitrogen and oxygen atoms in total. The maximum absolute atomic E-state index is 2.47. The van der Waals surface area contributed by atoms with Crippen molar-refractivity contribution in [3.8, 4) is 0 Å². The summed E-state index contributed by atoms with van der Waals surface area (Å²) < 4.78 is 0. The molecule has 78 valence electrons. The molecule has 1 aliphatic carbocycles. The summed E-state index contributed by atoms with van der Waals surface area (Å²) in [5.74, 6) is 0.854. The van der Waals surface area contributed by atoms with Gasteiger partial charge in [-0.25, -0.2) is 0 Å². The Bertz CT molecular complexity index is 200. The lowest BCUT2D eigenvalue weighted by Gasteiger charge is -2.46. The Morgan fingerprint density at radius 2 is 1.54 bits per heavy atom. The molecule has 0 heteroatoms. The van der Waals surface area contributed by atoms with Crippen molar-refractivity contribution in [2.24, 2.45) is 22.2 Å². The van der Waals surface area contributed by atoms with Gasteiger partial charge in [-0.1, -0.05) is 54.9 Å². The van der Waals surface area contributed by atoms with Crippen LogP contribution in [0.25, 0.3) is 0 Å². The van der Waals surface area contributed by atoms with Gasteiger partial charge >= 0.3 is 0 Å². The van der Waals surface area contributed by atoms with Crippen molar-refractivity contribution in [2.75, 3.05) is 0 Å². The molecular formula is C13H26. The fraction of sp³-hybridized carbons (Fsp3) is 1.00. The van der Waals surface area contributed by atoms with E-state index in [1.54, 1.807) is 0 Å². The van der Waals surface area contributed by atoms with Crippen molar-refractivity contribution < 1.29 is 0 Å². The number of hydrogen-bond acceptors (Lipinski definition) is 0. The van der Waals surface area contributed by atoms with Gasteiger partial charge in [0.1, 0.15) is 0 Å². The molecule has 0 heterocycles. The zero-order valence-electron chi connectivity index (χ0n) is 10.5. The molecule has 0 saturated heterocycles. The normalized spacial score (nSPS) is 42.2. The largest absolute Gasteiger partial charge is 0.0648 e. The lowest BCUT2D eigenvalue weighted by Crippen LogP contribution is -2.39. The Morgan fingerprint density at radius 3 is 1.69 bits per heavy atom. The highest BCUT2D eigenvalue weighted by molar-refractivity contribution is 5.06. The third-order valence-corrected chi connectivity index (χ3v) is 5.89. The predicted molar refractivity (Wildman–Crippen MR) is 59.7 cm³/mol. The van der Waals surface area contributed by atoms with E-state index in [4.69, 9.17) is 0 Å². The molecule has 0 aromatic carbocycles. The second-order valence-electron chi connectivity index (χ2n) is 6.37. The smallest absolute Gasteiger partial charge is 0.0247 e. The average molecular weight is 182 g/mol. The summed E-state index contributed by atoms with van der Waals surface area (Å²) in [7, 11) is 0. The molecule has 0 aromatic rings. The highest BCUT2D eigenvalue weighted by atomic mass is 14.6. The van der Waals surface area contributed by atoms with Crippen molar-refractivity contribution in [2.45, 2.75) is 61.3 Å². The zero-order chi connectivity index (χ0) is 10.5. The van der Waals surface area contributed by atoms with E-state index in [1.807, 2.05) is 0 Å². The maximum Gasteiger partial charge on any atom is -0.0247 e. The maximum atomic E-state index is 2.47. The van der Waals surface area contributed by atoms with E-state index in [0.717, 1.165) is 5.92 Å². The Morgan fingerprint density at radius 1 is 1.08 bits per heavy atom. The molecule has 2 atom stereocenters. The van der Waals surface area contributed by atoms with Crippen LogP contribution in [-0.2, 0) is 0 Å². The first-order chi connectivity index (χ1) is 5.69. The second-order valence-corrected chi connectivity index (χ2v) is 6.37. The Kier molecular flexibility index (Phi) is 2.34. The molecular weight excluding hydrogens is 156 g/mol. The molecule has 0 amide bonds. The lowest BCUT2D eigenvalue weighted by molar-refractivity contribution is 0.0260. The topological polar surface area (TPSA) is 0 Å². The van der Waals surface area contributed by atoms with Gasteiger partial charge in [0.15, 0.2) is 0 Å². The summed E-state index contributed by atoms with van der Waals surface area (Å²) in [4.78, 5) is 0. The van der Waals surface area contributed by atoms with Crippen molar-refractivity contribution in [3.63, 3.8) is 0 Å². The highest BCUT2D eigenvalue weighted by Crippen LogP contribution is 2.65. The van der Waals surface area contributed by atoms with Crippen LogP contribution in [0.1, 0.15) is 61.3 Å². The van der Waals surface area contributed by atoms with Crippen LogP contribution in [0.2, 0.25) is 0 Å². The van der Waals surface area contributed by atoms with E-state index in [1.165, 1.54) is 12.8 Å². The van der Waals surface area contributed by atoms with Crippen LogP contribution in [0.15, 0.2) is 0 Å². The van der Waals surface area contributed by atoms with Crippen LogP contribution < -0.4 is 0 Å². The SMILES string of the molecule is CC[C@]1(C)C[C@@H](C)C(C)(C)C1(C)C. The molecule has 13 heavy (non-hydrogen) atoms. The molecule has 0 N–H and O–H groups in total. The molecule has 0 unspecified atom stereocenters. The minimum atomic E-state index is 0.466. The summed E-state index contributed by atoms with van der Waals surface area (Å²) in [6.07, 6.45) is 2.71. The monoisotopic (exact) mass is 182 g/mol. The quantitative estimate of drug-likeness (QED) is 0.560. The van der Waals surface area contributed by atoms with E-state index < -0.39 is 0 Å². The molecule has 0 radical (unpaired) electrons. The van der Waals surface area contributed by atoms with E-state index in [9.17, 15) is 0 Å². The second kappa shape index (κ2) is 2.74.